The molecule has 0 unspecified atom stereocenters. The lowest BCUT2D eigenvalue weighted by Gasteiger charge is -1.97. The van der Waals surface area contributed by atoms with Crippen LogP contribution in [0.2, 0.25) is 0 Å². The molecule has 0 aromatic carbocycles. The van der Waals surface area contributed by atoms with E-state index in [4.69, 9.17) is 9.15 Å². The van der Waals surface area contributed by atoms with Crippen LogP contribution in [0.15, 0.2) is 40.9 Å². The molecule has 0 aliphatic carbocycles. The Morgan fingerprint density at radius 1 is 1.38 bits per heavy atom. The zero-order chi connectivity index (χ0) is 11.4. The van der Waals surface area contributed by atoms with Crippen molar-refractivity contribution in [2.24, 2.45) is 0 Å². The van der Waals surface area contributed by atoms with Gasteiger partial charge in [0.2, 0.25) is 5.76 Å². The molecule has 4 nitrogen and oxygen atoms in total. The Hall–Kier alpha value is -2.10. The number of rotatable bonds is 3. The number of esters is 1. The van der Waals surface area contributed by atoms with Crippen LogP contribution >= 0.6 is 0 Å². The summed E-state index contributed by atoms with van der Waals surface area (Å²) in [5.74, 6) is 0.302. The third kappa shape index (κ3) is 2.11. The van der Waals surface area contributed by atoms with Gasteiger partial charge in [0.25, 0.3) is 0 Å². The molecule has 2 rings (SSSR count). The van der Waals surface area contributed by atoms with E-state index in [1.165, 1.54) is 0 Å². The predicted molar refractivity (Wildman–Crippen MR) is 57.9 cm³/mol. The van der Waals surface area contributed by atoms with Crippen molar-refractivity contribution in [3.8, 4) is 11.5 Å². The van der Waals surface area contributed by atoms with Crippen LogP contribution in [0, 0.1) is 0 Å². The zero-order valence-electron chi connectivity index (χ0n) is 8.84. The Morgan fingerprint density at radius 3 is 2.94 bits per heavy atom. The van der Waals surface area contributed by atoms with Gasteiger partial charge in [-0.15, -0.1) is 0 Å². The molecule has 0 radical (unpaired) electrons. The highest BCUT2D eigenvalue weighted by Crippen LogP contribution is 2.19. The summed E-state index contributed by atoms with van der Waals surface area (Å²) in [7, 11) is 0. The molecule has 0 atom stereocenters. The standard InChI is InChI=1S/C12H11NO3/c1-2-15-12(14)11-7-6-10(16-11)9-5-3-4-8-13-9/h3-8H,2H2,1H3. The van der Waals surface area contributed by atoms with E-state index in [1.54, 1.807) is 25.3 Å². The fourth-order valence-electron chi connectivity index (χ4n) is 1.30. The predicted octanol–water partition coefficient (Wildman–Crippen LogP) is 2.52. The van der Waals surface area contributed by atoms with Crippen molar-refractivity contribution < 1.29 is 13.9 Å². The average molecular weight is 217 g/mol. The molecule has 16 heavy (non-hydrogen) atoms. The Labute approximate surface area is 92.9 Å². The van der Waals surface area contributed by atoms with Crippen molar-refractivity contribution in [3.05, 3.63) is 42.3 Å². The van der Waals surface area contributed by atoms with Gasteiger partial charge in [-0.25, -0.2) is 4.79 Å². The van der Waals surface area contributed by atoms with Gasteiger partial charge in [-0.3, -0.25) is 4.98 Å². The molecule has 0 saturated heterocycles. The number of aromatic nitrogens is 1. The van der Waals surface area contributed by atoms with E-state index in [1.807, 2.05) is 18.2 Å². The normalized spacial score (nSPS) is 10.1. The third-order valence-corrected chi connectivity index (χ3v) is 2.00. The minimum atomic E-state index is -0.454. The van der Waals surface area contributed by atoms with Crippen molar-refractivity contribution in [3.63, 3.8) is 0 Å². The lowest BCUT2D eigenvalue weighted by atomic mass is 10.3. The smallest absolute Gasteiger partial charge is 0.374 e. The molecule has 0 N–H and O–H groups in total. The van der Waals surface area contributed by atoms with Crippen LogP contribution in [0.1, 0.15) is 17.5 Å². The molecular formula is C12H11NO3. The number of ether oxygens (including phenoxy) is 1. The van der Waals surface area contributed by atoms with E-state index in [2.05, 4.69) is 4.98 Å². The lowest BCUT2D eigenvalue weighted by Crippen LogP contribution is -2.02. The summed E-state index contributed by atoms with van der Waals surface area (Å²) in [6.45, 7) is 2.08. The van der Waals surface area contributed by atoms with Gasteiger partial charge < -0.3 is 9.15 Å². The molecule has 0 fully saturated rings. The van der Waals surface area contributed by atoms with Crippen molar-refractivity contribution in [1.82, 2.24) is 4.98 Å². The lowest BCUT2D eigenvalue weighted by molar-refractivity contribution is 0.0491. The van der Waals surface area contributed by atoms with Crippen molar-refractivity contribution >= 4 is 5.97 Å². The molecule has 0 saturated carbocycles. The number of hydrogen-bond donors (Lipinski definition) is 0. The third-order valence-electron chi connectivity index (χ3n) is 2.00. The second-order valence-electron chi connectivity index (χ2n) is 3.10. The first kappa shape index (κ1) is 10.4. The maximum Gasteiger partial charge on any atom is 0.374 e. The molecule has 4 heteroatoms. The van der Waals surface area contributed by atoms with Gasteiger partial charge in [0.1, 0.15) is 5.69 Å². The quantitative estimate of drug-likeness (QED) is 0.741. The van der Waals surface area contributed by atoms with Crippen LogP contribution in [0.3, 0.4) is 0 Å². The van der Waals surface area contributed by atoms with E-state index >= 15 is 0 Å². The SMILES string of the molecule is CCOC(=O)c1ccc(-c2ccccn2)o1. The van der Waals surface area contributed by atoms with Gasteiger partial charge in [-0.1, -0.05) is 6.07 Å². The second-order valence-corrected chi connectivity index (χ2v) is 3.10. The summed E-state index contributed by atoms with van der Waals surface area (Å²) in [5.41, 5.74) is 0.693. The maximum atomic E-state index is 11.4. The second kappa shape index (κ2) is 4.61. The zero-order valence-corrected chi connectivity index (χ0v) is 8.84. The van der Waals surface area contributed by atoms with E-state index in [9.17, 15) is 4.79 Å². The van der Waals surface area contributed by atoms with Gasteiger partial charge in [-0.05, 0) is 31.2 Å². The summed E-state index contributed by atoms with van der Waals surface area (Å²) in [5, 5.41) is 0. The highest BCUT2D eigenvalue weighted by atomic mass is 16.5. The van der Waals surface area contributed by atoms with E-state index in [-0.39, 0.29) is 5.76 Å². The number of pyridine rings is 1. The number of nitrogens with zero attached hydrogens (tertiary/aromatic N) is 1. The largest absolute Gasteiger partial charge is 0.460 e. The van der Waals surface area contributed by atoms with Crippen LogP contribution in [0.25, 0.3) is 11.5 Å². The van der Waals surface area contributed by atoms with Crippen LogP contribution in [-0.2, 0) is 4.74 Å². The number of carbonyl (C=O) groups excluding carboxylic acids is 1. The number of carbonyl (C=O) groups is 1. The molecule has 2 heterocycles. The first-order valence-electron chi connectivity index (χ1n) is 4.99. The minimum Gasteiger partial charge on any atom is -0.460 e. The van der Waals surface area contributed by atoms with Crippen molar-refractivity contribution in [2.75, 3.05) is 6.61 Å². The van der Waals surface area contributed by atoms with Gasteiger partial charge in [0.05, 0.1) is 6.61 Å². The summed E-state index contributed by atoms with van der Waals surface area (Å²) in [6.07, 6.45) is 1.67. The Bertz CT molecular complexity index is 476. The van der Waals surface area contributed by atoms with Crippen LogP contribution in [0.4, 0.5) is 0 Å². The summed E-state index contributed by atoms with van der Waals surface area (Å²) in [6, 6.07) is 8.78. The molecule has 0 aliphatic rings. The molecule has 0 spiro atoms. The monoisotopic (exact) mass is 217 g/mol. The molecular weight excluding hydrogens is 206 g/mol. The Kier molecular flexibility index (Phi) is 3.00. The summed E-state index contributed by atoms with van der Waals surface area (Å²) in [4.78, 5) is 15.5. The molecule has 2 aromatic heterocycles. The first-order valence-corrected chi connectivity index (χ1v) is 4.99. The molecule has 82 valence electrons. The van der Waals surface area contributed by atoms with Crippen molar-refractivity contribution in [2.45, 2.75) is 6.92 Å². The van der Waals surface area contributed by atoms with E-state index < -0.39 is 5.97 Å². The Balaban J connectivity index is 2.23. The van der Waals surface area contributed by atoms with E-state index in [0.29, 0.717) is 18.1 Å². The number of furan rings is 1. The fraction of sp³-hybridized carbons (Fsp3) is 0.167. The first-order chi connectivity index (χ1) is 7.81. The Morgan fingerprint density at radius 2 is 2.25 bits per heavy atom. The average Bonchev–Trinajstić information content (AvgIpc) is 2.80. The number of hydrogen-bond acceptors (Lipinski definition) is 4. The molecule has 0 bridgehead atoms. The van der Waals surface area contributed by atoms with Gasteiger partial charge in [-0.2, -0.15) is 0 Å². The summed E-state index contributed by atoms with van der Waals surface area (Å²) < 4.78 is 10.2. The molecule has 0 amide bonds. The topological polar surface area (TPSA) is 52.3 Å². The molecule has 2 aromatic rings. The van der Waals surface area contributed by atoms with Crippen LogP contribution < -0.4 is 0 Å². The fourth-order valence-corrected chi connectivity index (χ4v) is 1.30. The van der Waals surface area contributed by atoms with Gasteiger partial charge in [0, 0.05) is 6.20 Å². The van der Waals surface area contributed by atoms with Gasteiger partial charge in [0.15, 0.2) is 5.76 Å². The minimum absolute atomic E-state index is 0.197. The highest BCUT2D eigenvalue weighted by Gasteiger charge is 2.12. The highest BCUT2D eigenvalue weighted by molar-refractivity contribution is 5.87. The summed E-state index contributed by atoms with van der Waals surface area (Å²) >= 11 is 0. The van der Waals surface area contributed by atoms with Crippen LogP contribution in [0.5, 0.6) is 0 Å². The van der Waals surface area contributed by atoms with Crippen LogP contribution in [-0.4, -0.2) is 17.6 Å². The van der Waals surface area contributed by atoms with Gasteiger partial charge >= 0.3 is 5.97 Å². The molecule has 0 aliphatic heterocycles. The maximum absolute atomic E-state index is 11.4. The van der Waals surface area contributed by atoms with Crippen molar-refractivity contribution in [1.29, 1.82) is 0 Å². The van der Waals surface area contributed by atoms with E-state index in [0.717, 1.165) is 0 Å².